The van der Waals surface area contributed by atoms with Crippen molar-refractivity contribution in [2.75, 3.05) is 19.0 Å². The second-order valence-electron chi connectivity index (χ2n) is 4.32. The highest BCUT2D eigenvalue weighted by atomic mass is 16.4. The first-order chi connectivity index (χ1) is 7.33. The van der Waals surface area contributed by atoms with Crippen LogP contribution in [0.3, 0.4) is 0 Å². The normalized spacial score (nSPS) is 14.2. The van der Waals surface area contributed by atoms with E-state index in [0.717, 1.165) is 11.3 Å². The molecule has 0 fully saturated rings. The molecular formula is C12H17NO3. The Hall–Kier alpha value is -1.55. The Labute approximate surface area is 95.1 Å². The fourth-order valence-electron chi connectivity index (χ4n) is 1.39. The molecule has 0 saturated heterocycles. The number of benzene rings is 1. The van der Waals surface area contributed by atoms with Gasteiger partial charge in [0.05, 0.1) is 0 Å². The molecule has 0 bridgehead atoms. The van der Waals surface area contributed by atoms with Crippen LogP contribution in [-0.4, -0.2) is 35.9 Å². The highest BCUT2D eigenvalue weighted by Gasteiger charge is 2.29. The molecule has 1 unspecified atom stereocenters. The zero-order valence-corrected chi connectivity index (χ0v) is 9.77. The SMILES string of the molecule is CN(C)c1ccc(CC(C)(O)C(=O)O)cc1. The molecule has 88 valence electrons. The third-order valence-electron chi connectivity index (χ3n) is 2.46. The second kappa shape index (κ2) is 4.53. The Morgan fingerprint density at radius 2 is 1.81 bits per heavy atom. The van der Waals surface area contributed by atoms with E-state index in [1.54, 1.807) is 0 Å². The van der Waals surface area contributed by atoms with E-state index < -0.39 is 11.6 Å². The van der Waals surface area contributed by atoms with E-state index in [4.69, 9.17) is 5.11 Å². The fourth-order valence-corrected chi connectivity index (χ4v) is 1.39. The average molecular weight is 223 g/mol. The van der Waals surface area contributed by atoms with E-state index in [1.807, 2.05) is 43.3 Å². The van der Waals surface area contributed by atoms with Crippen LogP contribution >= 0.6 is 0 Å². The van der Waals surface area contributed by atoms with Crippen LogP contribution < -0.4 is 4.90 Å². The minimum Gasteiger partial charge on any atom is -0.479 e. The molecule has 0 aliphatic carbocycles. The summed E-state index contributed by atoms with van der Waals surface area (Å²) in [5, 5.41) is 18.4. The lowest BCUT2D eigenvalue weighted by Gasteiger charge is -2.18. The Morgan fingerprint density at radius 3 is 2.19 bits per heavy atom. The molecule has 1 aromatic carbocycles. The number of hydrogen-bond donors (Lipinski definition) is 2. The van der Waals surface area contributed by atoms with Gasteiger partial charge in [-0.1, -0.05) is 12.1 Å². The molecule has 0 spiro atoms. The quantitative estimate of drug-likeness (QED) is 0.803. The molecule has 1 atom stereocenters. The van der Waals surface area contributed by atoms with E-state index in [2.05, 4.69) is 0 Å². The van der Waals surface area contributed by atoms with Gasteiger partial charge in [0.25, 0.3) is 0 Å². The number of nitrogens with zero attached hydrogens (tertiary/aromatic N) is 1. The van der Waals surface area contributed by atoms with Gasteiger partial charge in [0.15, 0.2) is 5.60 Å². The summed E-state index contributed by atoms with van der Waals surface area (Å²) in [5.74, 6) is -1.20. The molecule has 2 N–H and O–H groups in total. The summed E-state index contributed by atoms with van der Waals surface area (Å²) in [6.45, 7) is 1.30. The zero-order chi connectivity index (χ0) is 12.3. The second-order valence-corrected chi connectivity index (χ2v) is 4.32. The summed E-state index contributed by atoms with van der Waals surface area (Å²) in [7, 11) is 3.87. The van der Waals surface area contributed by atoms with Gasteiger partial charge in [-0.2, -0.15) is 0 Å². The van der Waals surface area contributed by atoms with Crippen LogP contribution in [0.1, 0.15) is 12.5 Å². The van der Waals surface area contributed by atoms with Gasteiger partial charge in [0.1, 0.15) is 0 Å². The summed E-state index contributed by atoms with van der Waals surface area (Å²) in [6.07, 6.45) is 0.107. The third-order valence-corrected chi connectivity index (χ3v) is 2.46. The largest absolute Gasteiger partial charge is 0.479 e. The van der Waals surface area contributed by atoms with Crippen LogP contribution in [0.15, 0.2) is 24.3 Å². The van der Waals surface area contributed by atoms with Crippen LogP contribution in [-0.2, 0) is 11.2 Å². The molecule has 16 heavy (non-hydrogen) atoms. The van der Waals surface area contributed by atoms with Crippen molar-refractivity contribution >= 4 is 11.7 Å². The summed E-state index contributed by atoms with van der Waals surface area (Å²) < 4.78 is 0. The zero-order valence-electron chi connectivity index (χ0n) is 9.77. The maximum absolute atomic E-state index is 10.7. The van der Waals surface area contributed by atoms with Gasteiger partial charge in [-0.05, 0) is 24.6 Å². The van der Waals surface area contributed by atoms with Gasteiger partial charge in [0.2, 0.25) is 0 Å². The first kappa shape index (κ1) is 12.5. The van der Waals surface area contributed by atoms with E-state index in [1.165, 1.54) is 6.92 Å². The van der Waals surface area contributed by atoms with Crippen molar-refractivity contribution in [3.05, 3.63) is 29.8 Å². The molecule has 0 radical (unpaired) electrons. The smallest absolute Gasteiger partial charge is 0.335 e. The van der Waals surface area contributed by atoms with Crippen molar-refractivity contribution in [3.8, 4) is 0 Å². The van der Waals surface area contributed by atoms with Crippen LogP contribution in [0.25, 0.3) is 0 Å². The molecule has 0 aliphatic heterocycles. The summed E-state index contributed by atoms with van der Waals surface area (Å²) in [6, 6.07) is 7.44. The standard InChI is InChI=1S/C12H17NO3/c1-12(16,11(14)15)8-9-4-6-10(7-5-9)13(2)3/h4-7,16H,8H2,1-3H3,(H,14,15). The van der Waals surface area contributed by atoms with Crippen molar-refractivity contribution in [2.24, 2.45) is 0 Å². The van der Waals surface area contributed by atoms with Crippen molar-refractivity contribution in [3.63, 3.8) is 0 Å². The monoisotopic (exact) mass is 223 g/mol. The molecule has 0 saturated carbocycles. The van der Waals surface area contributed by atoms with Gasteiger partial charge in [-0.3, -0.25) is 0 Å². The summed E-state index contributed by atoms with van der Waals surface area (Å²) in [4.78, 5) is 12.7. The number of rotatable bonds is 4. The minimum absolute atomic E-state index is 0.107. The maximum Gasteiger partial charge on any atom is 0.335 e. The number of aliphatic carboxylic acids is 1. The van der Waals surface area contributed by atoms with Gasteiger partial charge in [-0.15, -0.1) is 0 Å². The third kappa shape index (κ3) is 2.97. The van der Waals surface area contributed by atoms with Crippen LogP contribution in [0.5, 0.6) is 0 Å². The summed E-state index contributed by atoms with van der Waals surface area (Å²) in [5.41, 5.74) is 0.135. The fraction of sp³-hybridized carbons (Fsp3) is 0.417. The molecular weight excluding hydrogens is 206 g/mol. The van der Waals surface area contributed by atoms with E-state index >= 15 is 0 Å². The maximum atomic E-state index is 10.7. The summed E-state index contributed by atoms with van der Waals surface area (Å²) >= 11 is 0. The molecule has 0 amide bonds. The van der Waals surface area contributed by atoms with Gasteiger partial charge < -0.3 is 15.1 Å². The first-order valence-corrected chi connectivity index (χ1v) is 5.05. The Morgan fingerprint density at radius 1 is 1.31 bits per heavy atom. The van der Waals surface area contributed by atoms with Crippen LogP contribution in [0.4, 0.5) is 5.69 Å². The highest BCUT2D eigenvalue weighted by Crippen LogP contribution is 2.17. The van der Waals surface area contributed by atoms with Crippen molar-refractivity contribution in [1.29, 1.82) is 0 Å². The van der Waals surface area contributed by atoms with Crippen molar-refractivity contribution in [2.45, 2.75) is 18.9 Å². The molecule has 4 nitrogen and oxygen atoms in total. The number of carboxylic acid groups (broad SMARTS) is 1. The van der Waals surface area contributed by atoms with Crippen LogP contribution in [0.2, 0.25) is 0 Å². The number of anilines is 1. The number of carbonyl (C=O) groups is 1. The van der Waals surface area contributed by atoms with Crippen molar-refractivity contribution in [1.82, 2.24) is 0 Å². The van der Waals surface area contributed by atoms with Gasteiger partial charge in [-0.25, -0.2) is 4.79 Å². The Bertz CT molecular complexity index is 368. The molecule has 0 heterocycles. The molecule has 0 aromatic heterocycles. The topological polar surface area (TPSA) is 60.8 Å². The predicted octanol–water partition coefficient (Wildman–Crippen LogP) is 1.13. The first-order valence-electron chi connectivity index (χ1n) is 5.05. The molecule has 0 aliphatic rings. The van der Waals surface area contributed by atoms with E-state index in [9.17, 15) is 9.90 Å². The number of aliphatic hydroxyl groups is 1. The lowest BCUT2D eigenvalue weighted by molar-refractivity contribution is -0.156. The van der Waals surface area contributed by atoms with Crippen LogP contribution in [0, 0.1) is 0 Å². The Balaban J connectivity index is 2.80. The molecule has 4 heteroatoms. The molecule has 1 rings (SSSR count). The average Bonchev–Trinajstić information content (AvgIpc) is 2.17. The van der Waals surface area contributed by atoms with Gasteiger partial charge >= 0.3 is 5.97 Å². The lowest BCUT2D eigenvalue weighted by atomic mass is 9.96. The number of carboxylic acids is 1. The van der Waals surface area contributed by atoms with Gasteiger partial charge in [0, 0.05) is 26.2 Å². The van der Waals surface area contributed by atoms with Crippen molar-refractivity contribution < 1.29 is 15.0 Å². The molecule has 1 aromatic rings. The lowest BCUT2D eigenvalue weighted by Crippen LogP contribution is -2.37. The highest BCUT2D eigenvalue weighted by molar-refractivity contribution is 5.77. The Kier molecular flexibility index (Phi) is 3.55. The number of hydrogen-bond acceptors (Lipinski definition) is 3. The minimum atomic E-state index is -1.71. The predicted molar refractivity (Wildman–Crippen MR) is 62.7 cm³/mol. The van der Waals surface area contributed by atoms with E-state index in [0.29, 0.717) is 0 Å². The van der Waals surface area contributed by atoms with E-state index in [-0.39, 0.29) is 6.42 Å².